The first-order valence-corrected chi connectivity index (χ1v) is 2.05. The quantitative estimate of drug-likeness (QED) is 0.471. The maximum absolute atomic E-state index is 3.02. The number of rotatable bonds is 0. The lowest BCUT2D eigenvalue weighted by Gasteiger charge is -1.94. The second-order valence-electron chi connectivity index (χ2n) is 1.20. The van der Waals surface area contributed by atoms with Gasteiger partial charge < -0.3 is 11.5 Å². The molecule has 0 aromatic carbocycles. The third-order valence-electron chi connectivity index (χ3n) is 0.697. The summed E-state index contributed by atoms with van der Waals surface area (Å²) >= 11 is 0. The summed E-state index contributed by atoms with van der Waals surface area (Å²) in [7, 11) is 0. The number of hydrogen-bond acceptors (Lipinski definition) is 2. The zero-order valence-electron chi connectivity index (χ0n) is 4.22. The van der Waals surface area contributed by atoms with E-state index < -0.39 is 0 Å². The third-order valence-corrected chi connectivity index (χ3v) is 0.697. The highest BCUT2D eigenvalue weighted by atomic mass is 14.8. The molecule has 0 saturated carbocycles. The van der Waals surface area contributed by atoms with Gasteiger partial charge in [0.15, 0.2) is 0 Å². The third kappa shape index (κ3) is 2.00. The largest absolute Gasteiger partial charge is 0.387 e. The Kier molecular flexibility index (Phi) is 3.06. The first-order chi connectivity index (χ1) is 3.00. The van der Waals surface area contributed by atoms with E-state index in [4.69, 9.17) is 0 Å². The lowest BCUT2D eigenvalue weighted by Crippen LogP contribution is -2.05. The molecule has 2 heteroatoms. The van der Waals surface area contributed by atoms with Crippen molar-refractivity contribution >= 4 is 0 Å². The molecule has 0 saturated heterocycles. The molecule has 2 nitrogen and oxygen atoms in total. The van der Waals surface area contributed by atoms with Gasteiger partial charge in [0, 0.05) is 6.54 Å². The minimum Gasteiger partial charge on any atom is -0.387 e. The molecular formula is C5H10N2. The lowest BCUT2D eigenvalue weighted by molar-refractivity contribution is 0.972. The molecule has 0 bridgehead atoms. The SMILES string of the molecule is C1=CCNC=C1.N. The van der Waals surface area contributed by atoms with Crippen molar-refractivity contribution in [2.24, 2.45) is 0 Å². The molecular weight excluding hydrogens is 88.1 g/mol. The summed E-state index contributed by atoms with van der Waals surface area (Å²) in [4.78, 5) is 0. The Morgan fingerprint density at radius 3 is 2.29 bits per heavy atom. The van der Waals surface area contributed by atoms with Crippen molar-refractivity contribution in [1.82, 2.24) is 11.5 Å². The molecule has 0 fully saturated rings. The summed E-state index contributed by atoms with van der Waals surface area (Å²) < 4.78 is 0. The van der Waals surface area contributed by atoms with Crippen LogP contribution in [0.5, 0.6) is 0 Å². The van der Waals surface area contributed by atoms with Gasteiger partial charge in [0.05, 0.1) is 0 Å². The van der Waals surface area contributed by atoms with E-state index in [0.29, 0.717) is 0 Å². The van der Waals surface area contributed by atoms with E-state index >= 15 is 0 Å². The molecule has 0 aliphatic carbocycles. The van der Waals surface area contributed by atoms with E-state index in [9.17, 15) is 0 Å². The Hall–Kier alpha value is -0.760. The van der Waals surface area contributed by atoms with E-state index in [0.717, 1.165) is 6.54 Å². The van der Waals surface area contributed by atoms with Crippen LogP contribution in [0.3, 0.4) is 0 Å². The van der Waals surface area contributed by atoms with E-state index in [-0.39, 0.29) is 6.15 Å². The second-order valence-corrected chi connectivity index (χ2v) is 1.20. The van der Waals surface area contributed by atoms with Gasteiger partial charge in [-0.3, -0.25) is 0 Å². The fourth-order valence-corrected chi connectivity index (χ4v) is 0.406. The summed E-state index contributed by atoms with van der Waals surface area (Å²) in [6, 6.07) is 0. The van der Waals surface area contributed by atoms with Crippen LogP contribution in [0, 0.1) is 0 Å². The predicted molar refractivity (Wildman–Crippen MR) is 31.3 cm³/mol. The van der Waals surface area contributed by atoms with Gasteiger partial charge in [0.25, 0.3) is 0 Å². The molecule has 0 aromatic rings. The highest BCUT2D eigenvalue weighted by Crippen LogP contribution is 1.78. The molecule has 4 N–H and O–H groups in total. The van der Waals surface area contributed by atoms with Gasteiger partial charge in [0.2, 0.25) is 0 Å². The second kappa shape index (κ2) is 3.43. The molecule has 0 unspecified atom stereocenters. The molecule has 0 spiro atoms. The average molecular weight is 98.1 g/mol. The summed E-state index contributed by atoms with van der Waals surface area (Å²) in [5, 5.41) is 3.02. The first-order valence-electron chi connectivity index (χ1n) is 2.05. The number of dihydropyridines is 1. The summed E-state index contributed by atoms with van der Waals surface area (Å²) in [5.74, 6) is 0. The van der Waals surface area contributed by atoms with Crippen LogP contribution >= 0.6 is 0 Å². The summed E-state index contributed by atoms with van der Waals surface area (Å²) in [6.45, 7) is 0.983. The average Bonchev–Trinajstić information content (AvgIpc) is 1.72. The van der Waals surface area contributed by atoms with Crippen molar-refractivity contribution in [3.8, 4) is 0 Å². The van der Waals surface area contributed by atoms with Crippen LogP contribution in [0.15, 0.2) is 24.4 Å². The molecule has 1 rings (SSSR count). The van der Waals surface area contributed by atoms with E-state index in [2.05, 4.69) is 11.4 Å². The van der Waals surface area contributed by atoms with Gasteiger partial charge >= 0.3 is 0 Å². The lowest BCUT2D eigenvalue weighted by atomic mass is 10.4. The van der Waals surface area contributed by atoms with Crippen LogP contribution < -0.4 is 11.5 Å². The smallest absolute Gasteiger partial charge is 0.0328 e. The van der Waals surface area contributed by atoms with Gasteiger partial charge in [-0.05, 0) is 12.3 Å². The van der Waals surface area contributed by atoms with Gasteiger partial charge in [-0.2, -0.15) is 0 Å². The molecule has 0 radical (unpaired) electrons. The Morgan fingerprint density at radius 2 is 2.14 bits per heavy atom. The summed E-state index contributed by atoms with van der Waals surface area (Å²) in [6.07, 6.45) is 8.00. The van der Waals surface area contributed by atoms with Crippen molar-refractivity contribution < 1.29 is 0 Å². The van der Waals surface area contributed by atoms with Crippen molar-refractivity contribution in [2.45, 2.75) is 0 Å². The molecule has 1 heterocycles. The van der Waals surface area contributed by atoms with Crippen LogP contribution in [0.25, 0.3) is 0 Å². The Morgan fingerprint density at radius 1 is 1.29 bits per heavy atom. The van der Waals surface area contributed by atoms with E-state index in [1.54, 1.807) is 0 Å². The molecule has 7 heavy (non-hydrogen) atoms. The number of allylic oxidation sites excluding steroid dienone is 2. The molecule has 1 aliphatic rings. The molecule has 0 aromatic heterocycles. The molecule has 1 aliphatic heterocycles. The highest BCUT2D eigenvalue weighted by Gasteiger charge is 1.73. The van der Waals surface area contributed by atoms with Crippen LogP contribution in [-0.4, -0.2) is 6.54 Å². The Labute approximate surface area is 43.5 Å². The first kappa shape index (κ1) is 6.24. The molecule has 0 atom stereocenters. The van der Waals surface area contributed by atoms with Crippen molar-refractivity contribution in [3.05, 3.63) is 24.4 Å². The van der Waals surface area contributed by atoms with Crippen LogP contribution in [0.2, 0.25) is 0 Å². The van der Waals surface area contributed by atoms with Gasteiger partial charge in [-0.25, -0.2) is 0 Å². The van der Waals surface area contributed by atoms with Crippen LogP contribution in [0.1, 0.15) is 0 Å². The fraction of sp³-hybridized carbons (Fsp3) is 0.200. The van der Waals surface area contributed by atoms with Gasteiger partial charge in [0.1, 0.15) is 0 Å². The fourth-order valence-electron chi connectivity index (χ4n) is 0.406. The van der Waals surface area contributed by atoms with E-state index in [1.807, 2.05) is 18.4 Å². The molecule has 40 valence electrons. The Bertz CT molecular complexity index is 72.1. The molecule has 0 amide bonds. The maximum atomic E-state index is 3.02. The number of hydrogen-bond donors (Lipinski definition) is 2. The minimum absolute atomic E-state index is 0. The number of nitrogens with one attached hydrogen (secondary N) is 1. The Balaban J connectivity index is 0.000000360. The van der Waals surface area contributed by atoms with Crippen molar-refractivity contribution in [1.29, 1.82) is 0 Å². The monoisotopic (exact) mass is 98.1 g/mol. The van der Waals surface area contributed by atoms with E-state index in [1.165, 1.54) is 0 Å². The highest BCUT2D eigenvalue weighted by molar-refractivity contribution is 5.06. The predicted octanol–water partition coefficient (Wildman–Crippen LogP) is 0.821. The van der Waals surface area contributed by atoms with Gasteiger partial charge in [-0.1, -0.05) is 12.2 Å². The summed E-state index contributed by atoms with van der Waals surface area (Å²) in [5.41, 5.74) is 0. The van der Waals surface area contributed by atoms with Crippen LogP contribution in [-0.2, 0) is 0 Å². The zero-order valence-corrected chi connectivity index (χ0v) is 4.22. The topological polar surface area (TPSA) is 47.0 Å². The van der Waals surface area contributed by atoms with Gasteiger partial charge in [-0.15, -0.1) is 0 Å². The minimum atomic E-state index is 0. The van der Waals surface area contributed by atoms with Crippen molar-refractivity contribution in [2.75, 3.05) is 6.54 Å². The maximum Gasteiger partial charge on any atom is 0.0328 e. The zero-order chi connectivity index (χ0) is 4.24. The van der Waals surface area contributed by atoms with Crippen molar-refractivity contribution in [3.63, 3.8) is 0 Å². The normalized spacial score (nSPS) is 14.9. The van der Waals surface area contributed by atoms with Crippen LogP contribution in [0.4, 0.5) is 0 Å². The standard InChI is InChI=1S/C5H7N.H3N/c1-2-4-6-5-3-1;/h1-4,6H,5H2;1H3.